The summed E-state index contributed by atoms with van der Waals surface area (Å²) >= 11 is 0. The number of aliphatic hydroxyl groups excluding tert-OH is 1. The van der Waals surface area contributed by atoms with Crippen LogP contribution in [0.25, 0.3) is 11.0 Å². The van der Waals surface area contributed by atoms with Crippen LogP contribution in [-0.4, -0.2) is 84.7 Å². The lowest BCUT2D eigenvalue weighted by Gasteiger charge is -2.39. The van der Waals surface area contributed by atoms with Crippen molar-refractivity contribution in [2.75, 3.05) is 19.8 Å². The summed E-state index contributed by atoms with van der Waals surface area (Å²) in [5, 5.41) is 19.2. The monoisotopic (exact) mass is 585 g/mol. The Morgan fingerprint density at radius 3 is 2.63 bits per heavy atom. The van der Waals surface area contributed by atoms with Crippen molar-refractivity contribution < 1.29 is 29.0 Å². The van der Waals surface area contributed by atoms with E-state index in [9.17, 15) is 19.5 Å². The standard InChI is InChI=1S/C32H35N5O6/c1-4-17-35(20-36-23-14-10-9-13-22(23)33-34-36)29(40)27-32-16-15-31(3,43-32)26(30(41)42-18-5-2)25(32)28(39)37(27)24(19-38)21-11-7-6-8-12-21/h4-14,24-27,38H,1-2,15-20H2,3H3/t24-,25+,26-,27?,31+,32?/m1/s1. The minimum Gasteiger partial charge on any atom is -0.461 e. The molecule has 11 nitrogen and oxygen atoms in total. The Bertz CT molecular complexity index is 1570. The number of aliphatic hydroxyl groups is 1. The van der Waals surface area contributed by atoms with Gasteiger partial charge in [-0.15, -0.1) is 11.7 Å². The lowest BCUT2D eigenvalue weighted by atomic mass is 9.66. The van der Waals surface area contributed by atoms with E-state index in [1.807, 2.05) is 49.4 Å². The van der Waals surface area contributed by atoms with Gasteiger partial charge in [-0.1, -0.05) is 66.4 Å². The first-order chi connectivity index (χ1) is 20.8. The molecule has 43 heavy (non-hydrogen) atoms. The molecule has 3 aliphatic rings. The molecule has 1 aromatic heterocycles. The number of carbonyl (C=O) groups is 3. The van der Waals surface area contributed by atoms with Crippen molar-refractivity contribution in [3.8, 4) is 0 Å². The molecular formula is C32H35N5O6. The first kappa shape index (κ1) is 28.8. The molecule has 6 atom stereocenters. The summed E-state index contributed by atoms with van der Waals surface area (Å²) in [6.07, 6.45) is 3.93. The van der Waals surface area contributed by atoms with Gasteiger partial charge in [-0.05, 0) is 37.5 Å². The third kappa shape index (κ3) is 4.45. The molecule has 1 N–H and O–H groups in total. The first-order valence-corrected chi connectivity index (χ1v) is 14.4. The number of ether oxygens (including phenoxy) is 2. The summed E-state index contributed by atoms with van der Waals surface area (Å²) in [5.74, 6) is -3.26. The molecule has 3 fully saturated rings. The number of carbonyl (C=O) groups excluding carboxylic acids is 3. The topological polar surface area (TPSA) is 127 Å². The molecule has 2 unspecified atom stereocenters. The van der Waals surface area contributed by atoms with Crippen LogP contribution >= 0.6 is 0 Å². The lowest BCUT2D eigenvalue weighted by molar-refractivity contribution is -0.161. The minimum atomic E-state index is -1.30. The van der Waals surface area contributed by atoms with Gasteiger partial charge in [-0.2, -0.15) is 0 Å². The molecule has 2 bridgehead atoms. The van der Waals surface area contributed by atoms with Gasteiger partial charge in [-0.25, -0.2) is 4.68 Å². The number of aromatic nitrogens is 3. The van der Waals surface area contributed by atoms with Crippen molar-refractivity contribution in [3.63, 3.8) is 0 Å². The normalized spacial score (nSPS) is 28.1. The molecule has 2 amide bonds. The second-order valence-electron chi connectivity index (χ2n) is 11.6. The smallest absolute Gasteiger partial charge is 0.313 e. The predicted molar refractivity (Wildman–Crippen MR) is 156 cm³/mol. The van der Waals surface area contributed by atoms with Gasteiger partial charge in [0.15, 0.2) is 0 Å². The summed E-state index contributed by atoms with van der Waals surface area (Å²) in [6.45, 7) is 9.06. The Morgan fingerprint density at radius 1 is 1.16 bits per heavy atom. The van der Waals surface area contributed by atoms with Crippen LogP contribution in [0.2, 0.25) is 0 Å². The molecule has 11 heteroatoms. The molecule has 224 valence electrons. The van der Waals surface area contributed by atoms with Gasteiger partial charge >= 0.3 is 5.97 Å². The van der Waals surface area contributed by atoms with Gasteiger partial charge in [0.25, 0.3) is 0 Å². The van der Waals surface area contributed by atoms with Gasteiger partial charge in [-0.3, -0.25) is 14.4 Å². The van der Waals surface area contributed by atoms with Crippen LogP contribution in [0.3, 0.4) is 0 Å². The highest BCUT2D eigenvalue weighted by Gasteiger charge is 2.79. The summed E-state index contributed by atoms with van der Waals surface area (Å²) in [7, 11) is 0. The number of hydrogen-bond donors (Lipinski definition) is 1. The number of fused-ring (bicyclic) bond motifs is 2. The largest absolute Gasteiger partial charge is 0.461 e. The van der Waals surface area contributed by atoms with E-state index < -0.39 is 59.5 Å². The Balaban J connectivity index is 1.45. The Hall–Kier alpha value is -4.35. The SMILES string of the molecule is C=CCOC(=O)[C@H]1[C@H]2C(=O)N([C@H](CO)c3ccccc3)C(C(=O)N(CC=C)Cn3nnc4ccccc43)C23CC[C@]1(C)O3. The number of likely N-dealkylation sites (tertiary alicyclic amines) is 1. The lowest BCUT2D eigenvalue weighted by Crippen LogP contribution is -2.57. The number of amides is 2. The molecule has 6 rings (SSSR count). The maximum atomic E-state index is 14.8. The zero-order chi connectivity index (χ0) is 30.4. The number of hydrogen-bond acceptors (Lipinski definition) is 8. The third-order valence-corrected chi connectivity index (χ3v) is 9.12. The number of rotatable bonds is 11. The average molecular weight is 586 g/mol. The fourth-order valence-electron chi connectivity index (χ4n) is 7.33. The zero-order valence-electron chi connectivity index (χ0n) is 24.0. The van der Waals surface area contributed by atoms with Crippen molar-refractivity contribution in [2.45, 2.75) is 49.7 Å². The van der Waals surface area contributed by atoms with E-state index in [0.29, 0.717) is 23.9 Å². The molecule has 3 saturated heterocycles. The van der Waals surface area contributed by atoms with Gasteiger partial charge in [0.1, 0.15) is 36.4 Å². The quantitative estimate of drug-likeness (QED) is 0.269. The summed E-state index contributed by atoms with van der Waals surface area (Å²) in [5.41, 5.74) is -0.201. The van der Waals surface area contributed by atoms with Crippen LogP contribution in [0, 0.1) is 11.8 Å². The fourth-order valence-corrected chi connectivity index (χ4v) is 7.33. The van der Waals surface area contributed by atoms with Crippen LogP contribution in [0.1, 0.15) is 31.4 Å². The molecule has 0 saturated carbocycles. The second kappa shape index (κ2) is 11.1. The fraction of sp³-hybridized carbons (Fsp3) is 0.406. The number of esters is 1. The molecule has 1 spiro atoms. The highest BCUT2D eigenvalue weighted by Crippen LogP contribution is 2.64. The molecule has 4 heterocycles. The van der Waals surface area contributed by atoms with Crippen LogP contribution in [-0.2, 0) is 30.5 Å². The Labute approximate surface area is 249 Å². The van der Waals surface area contributed by atoms with Crippen LogP contribution < -0.4 is 0 Å². The van der Waals surface area contributed by atoms with Crippen molar-refractivity contribution >= 4 is 28.8 Å². The average Bonchev–Trinajstić information content (AvgIpc) is 3.72. The molecule has 0 radical (unpaired) electrons. The molecule has 0 aliphatic carbocycles. The van der Waals surface area contributed by atoms with Gasteiger partial charge in [0.2, 0.25) is 11.8 Å². The highest BCUT2D eigenvalue weighted by molar-refractivity contribution is 5.99. The molecule has 2 aromatic carbocycles. The van der Waals surface area contributed by atoms with Crippen LogP contribution in [0.15, 0.2) is 79.9 Å². The van der Waals surface area contributed by atoms with Crippen molar-refractivity contribution in [1.82, 2.24) is 24.8 Å². The summed E-state index contributed by atoms with van der Waals surface area (Å²) in [6, 6.07) is 14.5. The summed E-state index contributed by atoms with van der Waals surface area (Å²) in [4.78, 5) is 45.8. The van der Waals surface area contributed by atoms with Gasteiger partial charge in [0, 0.05) is 6.54 Å². The first-order valence-electron chi connectivity index (χ1n) is 14.4. The molecule has 3 aromatic rings. The number of nitrogens with zero attached hydrogens (tertiary/aromatic N) is 5. The Kier molecular flexibility index (Phi) is 7.39. The van der Waals surface area contributed by atoms with Gasteiger partial charge in [0.05, 0.1) is 29.7 Å². The van der Waals surface area contributed by atoms with E-state index >= 15 is 0 Å². The highest BCUT2D eigenvalue weighted by atomic mass is 16.6. The van der Waals surface area contributed by atoms with Gasteiger partial charge < -0.3 is 24.4 Å². The number of para-hydroxylation sites is 1. The maximum Gasteiger partial charge on any atom is 0.313 e. The maximum absolute atomic E-state index is 14.8. The van der Waals surface area contributed by atoms with Crippen LogP contribution in [0.4, 0.5) is 0 Å². The van der Waals surface area contributed by atoms with E-state index in [2.05, 4.69) is 23.5 Å². The van der Waals surface area contributed by atoms with Crippen molar-refractivity contribution in [2.24, 2.45) is 11.8 Å². The van der Waals surface area contributed by atoms with Crippen molar-refractivity contribution in [3.05, 3.63) is 85.5 Å². The van der Waals surface area contributed by atoms with E-state index in [0.717, 1.165) is 5.52 Å². The van der Waals surface area contributed by atoms with E-state index in [-0.39, 0.29) is 19.8 Å². The van der Waals surface area contributed by atoms with E-state index in [1.165, 1.54) is 11.0 Å². The summed E-state index contributed by atoms with van der Waals surface area (Å²) < 4.78 is 13.8. The predicted octanol–water partition coefficient (Wildman–Crippen LogP) is 2.63. The van der Waals surface area contributed by atoms with Crippen molar-refractivity contribution in [1.29, 1.82) is 0 Å². The Morgan fingerprint density at radius 2 is 1.91 bits per heavy atom. The van der Waals surface area contributed by atoms with E-state index in [1.54, 1.807) is 27.8 Å². The minimum absolute atomic E-state index is 0.00630. The zero-order valence-corrected chi connectivity index (χ0v) is 24.0. The number of benzene rings is 2. The second-order valence-corrected chi connectivity index (χ2v) is 11.6. The molecule has 3 aliphatic heterocycles. The third-order valence-electron chi connectivity index (χ3n) is 9.12. The van der Waals surface area contributed by atoms with Crippen LogP contribution in [0.5, 0.6) is 0 Å². The van der Waals surface area contributed by atoms with E-state index in [4.69, 9.17) is 9.47 Å². The molecular weight excluding hydrogens is 550 g/mol.